The van der Waals surface area contributed by atoms with E-state index < -0.39 is 48.2 Å². The molecule has 0 radical (unpaired) electrons. The summed E-state index contributed by atoms with van der Waals surface area (Å²) < 4.78 is 43.3. The first kappa shape index (κ1) is 24.0. The molecule has 1 aliphatic rings. The van der Waals surface area contributed by atoms with Crippen molar-refractivity contribution in [2.75, 3.05) is 25.2 Å². The van der Waals surface area contributed by atoms with Gasteiger partial charge >= 0.3 is 0 Å². The number of nitrogens with zero attached hydrogens (tertiary/aromatic N) is 4. The Kier molecular flexibility index (Phi) is 6.23. The van der Waals surface area contributed by atoms with Gasteiger partial charge in [0.1, 0.15) is 29.4 Å². The van der Waals surface area contributed by atoms with Crippen molar-refractivity contribution in [1.82, 2.24) is 19.5 Å². The van der Waals surface area contributed by atoms with Crippen LogP contribution in [-0.2, 0) is 29.1 Å². The third-order valence-corrected chi connectivity index (χ3v) is 8.38. The molecule has 3 atom stereocenters. The summed E-state index contributed by atoms with van der Waals surface area (Å²) in [5.41, 5.74) is 4.94. The van der Waals surface area contributed by atoms with Crippen LogP contribution in [-0.4, -0.2) is 78.6 Å². The molecule has 0 spiro atoms. The average molecular weight is 474 g/mol. The molecule has 2 aromatic rings. The highest BCUT2D eigenvalue weighted by molar-refractivity contribution is 7.85. The molecular formula is C18H31N5O6SSi. The Bertz CT molecular complexity index is 1060. The fourth-order valence-corrected chi connectivity index (χ4v) is 6.22. The van der Waals surface area contributed by atoms with Gasteiger partial charge in [-0.05, 0) is 20.8 Å². The molecule has 11 nitrogen and oxygen atoms in total. The van der Waals surface area contributed by atoms with E-state index in [2.05, 4.69) is 28.0 Å². The molecule has 0 aromatic carbocycles. The first-order valence-corrected chi connectivity index (χ1v) is 14.7. The van der Waals surface area contributed by atoms with Gasteiger partial charge in [-0.25, -0.2) is 15.0 Å². The zero-order valence-corrected chi connectivity index (χ0v) is 20.7. The first-order chi connectivity index (χ1) is 14.2. The number of nitrogens with two attached hydrogens (primary N) is 1. The summed E-state index contributed by atoms with van der Waals surface area (Å²) in [6, 6.07) is 0. The lowest BCUT2D eigenvalue weighted by Crippen LogP contribution is -2.53. The molecule has 0 amide bonds. The van der Waals surface area contributed by atoms with Crippen molar-refractivity contribution in [2.24, 2.45) is 0 Å². The van der Waals surface area contributed by atoms with Gasteiger partial charge in [0.2, 0.25) is 0 Å². The van der Waals surface area contributed by atoms with Gasteiger partial charge in [0.05, 0.1) is 39.7 Å². The smallest absolute Gasteiger partial charge is 0.264 e. The van der Waals surface area contributed by atoms with Gasteiger partial charge < -0.3 is 20.3 Å². The van der Waals surface area contributed by atoms with E-state index in [0.29, 0.717) is 17.6 Å². The van der Waals surface area contributed by atoms with Crippen molar-refractivity contribution in [3.05, 3.63) is 12.7 Å². The van der Waals surface area contributed by atoms with Crippen LogP contribution in [0.4, 0.5) is 5.82 Å². The van der Waals surface area contributed by atoms with Crippen LogP contribution < -0.4 is 5.73 Å². The molecule has 1 aliphatic heterocycles. The summed E-state index contributed by atoms with van der Waals surface area (Å²) in [6.07, 6.45) is 3.63. The molecule has 1 fully saturated rings. The fraction of sp³-hybridized carbons (Fsp3) is 0.722. The Morgan fingerprint density at radius 1 is 1.35 bits per heavy atom. The van der Waals surface area contributed by atoms with Gasteiger partial charge in [0.25, 0.3) is 10.1 Å². The lowest BCUT2D eigenvalue weighted by Gasteiger charge is -2.38. The van der Waals surface area contributed by atoms with Crippen LogP contribution in [0.3, 0.4) is 0 Å². The number of nitrogen functional groups attached to an aromatic ring is 1. The van der Waals surface area contributed by atoms with E-state index in [4.69, 9.17) is 19.4 Å². The summed E-state index contributed by atoms with van der Waals surface area (Å²) in [6.45, 7) is 8.98. The van der Waals surface area contributed by atoms with Crippen LogP contribution in [0.15, 0.2) is 12.7 Å². The average Bonchev–Trinajstić information content (AvgIpc) is 3.20. The normalized spacial score (nSPS) is 27.4. The van der Waals surface area contributed by atoms with Crippen LogP contribution >= 0.6 is 0 Å². The van der Waals surface area contributed by atoms with Crippen molar-refractivity contribution >= 4 is 35.9 Å². The minimum Gasteiger partial charge on any atom is -0.393 e. The summed E-state index contributed by atoms with van der Waals surface area (Å²) in [4.78, 5) is 12.7. The highest BCUT2D eigenvalue weighted by atomic mass is 32.2. The molecule has 3 rings (SSSR count). The van der Waals surface area contributed by atoms with Crippen molar-refractivity contribution < 1.29 is 27.2 Å². The molecule has 0 unspecified atom stereocenters. The molecule has 174 valence electrons. The van der Waals surface area contributed by atoms with E-state index >= 15 is 0 Å². The van der Waals surface area contributed by atoms with E-state index in [9.17, 15) is 13.5 Å². The number of anilines is 1. The van der Waals surface area contributed by atoms with Crippen LogP contribution in [0, 0.1) is 0 Å². The Morgan fingerprint density at radius 3 is 2.58 bits per heavy atom. The standard InChI is InChI=1S/C18H31N5O6SSi/c1-16(2,3)28-12-7-18(31(5)6,29-17(12,8-24)9-27-30(4,25)26)23-11-22-13-14(19)20-10-21-15(13)23/h10-12,24,31H,7-9H2,1-6H3,(H2,19,20,21)/t12-,17-,18-/m0/s1. The summed E-state index contributed by atoms with van der Waals surface area (Å²) in [5.74, 6) is 0.249. The third kappa shape index (κ3) is 4.61. The third-order valence-electron chi connectivity index (χ3n) is 5.40. The maximum Gasteiger partial charge on any atom is 0.264 e. The van der Waals surface area contributed by atoms with Crippen molar-refractivity contribution in [3.63, 3.8) is 0 Å². The largest absolute Gasteiger partial charge is 0.393 e. The highest BCUT2D eigenvalue weighted by Crippen LogP contribution is 2.47. The maximum atomic E-state index is 11.7. The molecule has 3 N–H and O–H groups in total. The minimum atomic E-state index is -3.77. The highest BCUT2D eigenvalue weighted by Gasteiger charge is 2.60. The number of aromatic nitrogens is 4. The summed E-state index contributed by atoms with van der Waals surface area (Å²) in [5, 5.41) is 9.49. The van der Waals surface area contributed by atoms with E-state index in [1.165, 1.54) is 6.33 Å². The quantitative estimate of drug-likeness (QED) is 0.427. The Hall–Kier alpha value is -1.64. The maximum absolute atomic E-state index is 11.7. The van der Waals surface area contributed by atoms with Crippen LogP contribution in [0.5, 0.6) is 0 Å². The molecule has 13 heteroatoms. The number of aliphatic hydroxyl groups excluding tert-OH is 1. The summed E-state index contributed by atoms with van der Waals surface area (Å²) in [7, 11) is -5.51. The minimum absolute atomic E-state index is 0.249. The van der Waals surface area contributed by atoms with Crippen molar-refractivity contribution in [2.45, 2.75) is 62.9 Å². The van der Waals surface area contributed by atoms with Crippen molar-refractivity contribution in [3.8, 4) is 0 Å². The zero-order chi connectivity index (χ0) is 23.2. The lowest BCUT2D eigenvalue weighted by atomic mass is 9.97. The first-order valence-electron chi connectivity index (χ1n) is 10.0. The second-order valence-corrected chi connectivity index (χ2v) is 14.1. The van der Waals surface area contributed by atoms with E-state index in [1.54, 1.807) is 6.33 Å². The van der Waals surface area contributed by atoms with Gasteiger partial charge in [-0.15, -0.1) is 0 Å². The lowest BCUT2D eigenvalue weighted by molar-refractivity contribution is -0.187. The molecule has 1 saturated heterocycles. The predicted molar refractivity (Wildman–Crippen MR) is 118 cm³/mol. The van der Waals surface area contributed by atoms with E-state index in [-0.39, 0.29) is 12.4 Å². The van der Waals surface area contributed by atoms with Gasteiger partial charge in [0.15, 0.2) is 11.5 Å². The molecule has 2 aromatic heterocycles. The molecule has 0 aliphatic carbocycles. The van der Waals surface area contributed by atoms with Gasteiger partial charge in [-0.3, -0.25) is 8.75 Å². The van der Waals surface area contributed by atoms with E-state index in [1.807, 2.05) is 25.3 Å². The van der Waals surface area contributed by atoms with Gasteiger partial charge in [0, 0.05) is 6.42 Å². The van der Waals surface area contributed by atoms with Crippen LogP contribution in [0.2, 0.25) is 13.1 Å². The SMILES string of the molecule is C[SiH](C)[C@]1(n2cnc3c(N)ncnc32)C[C@H](OC(C)(C)C)[C@](CO)(COS(C)(=O)=O)O1. The molecule has 31 heavy (non-hydrogen) atoms. The fourth-order valence-electron chi connectivity index (χ4n) is 3.90. The van der Waals surface area contributed by atoms with E-state index in [0.717, 1.165) is 6.26 Å². The van der Waals surface area contributed by atoms with Gasteiger partial charge in [-0.2, -0.15) is 8.42 Å². The van der Waals surface area contributed by atoms with Crippen LogP contribution in [0.1, 0.15) is 27.2 Å². The topological polar surface area (TPSA) is 152 Å². The number of aliphatic hydroxyl groups is 1. The van der Waals surface area contributed by atoms with Crippen molar-refractivity contribution in [1.29, 1.82) is 0 Å². The number of ether oxygens (including phenoxy) is 2. The monoisotopic (exact) mass is 473 g/mol. The zero-order valence-electron chi connectivity index (χ0n) is 18.7. The molecule has 0 bridgehead atoms. The molecule has 0 saturated carbocycles. The second-order valence-electron chi connectivity index (χ2n) is 9.26. The molecule has 3 heterocycles. The number of hydrogen-bond acceptors (Lipinski definition) is 10. The second kappa shape index (κ2) is 8.05. The number of imidazole rings is 1. The van der Waals surface area contributed by atoms with Crippen LogP contribution in [0.25, 0.3) is 11.2 Å². The number of hydrogen-bond donors (Lipinski definition) is 2. The Balaban J connectivity index is 2.15. The Labute approximate surface area is 183 Å². The van der Waals surface area contributed by atoms with Gasteiger partial charge in [-0.1, -0.05) is 13.1 Å². The number of fused-ring (bicyclic) bond motifs is 1. The molecular weight excluding hydrogens is 442 g/mol. The number of rotatable bonds is 7. The summed E-state index contributed by atoms with van der Waals surface area (Å²) >= 11 is 0. The Morgan fingerprint density at radius 2 is 2.03 bits per heavy atom. The predicted octanol–water partition coefficient (Wildman–Crippen LogP) is 0.399.